The molecule has 1 heterocycles. The van der Waals surface area contributed by atoms with E-state index in [2.05, 4.69) is 5.32 Å². The summed E-state index contributed by atoms with van der Waals surface area (Å²) in [5.74, 6) is -0.883. The van der Waals surface area contributed by atoms with E-state index in [9.17, 15) is 19.3 Å². The number of thiophene rings is 1. The van der Waals surface area contributed by atoms with E-state index in [0.717, 1.165) is 11.3 Å². The maximum atomic E-state index is 14.2. The number of hydrogen-bond donors (Lipinski definition) is 1. The average Bonchev–Trinajstić information content (AvgIpc) is 2.97. The molecule has 0 unspecified atom stereocenters. The molecule has 134 valence electrons. The van der Waals surface area contributed by atoms with Crippen molar-refractivity contribution in [1.29, 1.82) is 0 Å². The van der Waals surface area contributed by atoms with Crippen LogP contribution in [0.5, 0.6) is 0 Å². The summed E-state index contributed by atoms with van der Waals surface area (Å²) in [6, 6.07) is 9.10. The summed E-state index contributed by atoms with van der Waals surface area (Å²) in [6.45, 7) is 1.70. The quantitative estimate of drug-likeness (QED) is 0.520. The van der Waals surface area contributed by atoms with Crippen molar-refractivity contribution < 1.29 is 18.8 Å². The molecule has 3 aromatic rings. The van der Waals surface area contributed by atoms with E-state index in [1.54, 1.807) is 31.2 Å². The van der Waals surface area contributed by atoms with Crippen molar-refractivity contribution in [3.8, 4) is 0 Å². The van der Waals surface area contributed by atoms with Gasteiger partial charge in [-0.05, 0) is 25.1 Å². The SMILES string of the molecule is COCc1c(C(=O)Nc2ccc(C)c([N+](=O)[O-])c2)sc2cccc(F)c12. The molecule has 8 heteroatoms. The molecule has 0 aliphatic heterocycles. The van der Waals surface area contributed by atoms with Crippen LogP contribution >= 0.6 is 11.3 Å². The summed E-state index contributed by atoms with van der Waals surface area (Å²) in [5.41, 5.74) is 1.18. The van der Waals surface area contributed by atoms with Crippen LogP contribution in [0.2, 0.25) is 0 Å². The molecule has 1 N–H and O–H groups in total. The minimum absolute atomic E-state index is 0.0811. The molecule has 1 amide bonds. The largest absolute Gasteiger partial charge is 0.380 e. The van der Waals surface area contributed by atoms with Gasteiger partial charge in [-0.2, -0.15) is 0 Å². The molecule has 0 saturated carbocycles. The normalized spacial score (nSPS) is 10.9. The number of halogens is 1. The second-order valence-electron chi connectivity index (χ2n) is 5.67. The van der Waals surface area contributed by atoms with Gasteiger partial charge in [0.25, 0.3) is 11.6 Å². The van der Waals surface area contributed by atoms with Gasteiger partial charge in [0.1, 0.15) is 5.82 Å². The standard InChI is InChI=1S/C18H15FN2O4S/c1-10-6-7-11(8-14(10)21(23)24)20-18(22)17-12(9-25-2)16-13(19)4-3-5-15(16)26-17/h3-8H,9H2,1-2H3,(H,20,22). The first kappa shape index (κ1) is 18.0. The Hall–Kier alpha value is -2.84. The van der Waals surface area contributed by atoms with Gasteiger partial charge in [0, 0.05) is 40.1 Å². The molecular weight excluding hydrogens is 359 g/mol. The number of carbonyl (C=O) groups excluding carboxylic acids is 1. The Kier molecular flexibility index (Phi) is 4.97. The van der Waals surface area contributed by atoms with Crippen LogP contribution in [0.4, 0.5) is 15.8 Å². The summed E-state index contributed by atoms with van der Waals surface area (Å²) in [7, 11) is 1.47. The average molecular weight is 374 g/mol. The minimum Gasteiger partial charge on any atom is -0.380 e. The van der Waals surface area contributed by atoms with E-state index >= 15 is 0 Å². The number of amides is 1. The Labute approximate surface area is 152 Å². The molecule has 0 spiro atoms. The third-order valence-corrected chi connectivity index (χ3v) is 5.12. The van der Waals surface area contributed by atoms with Crippen LogP contribution in [0.15, 0.2) is 36.4 Å². The van der Waals surface area contributed by atoms with Gasteiger partial charge in [-0.1, -0.05) is 12.1 Å². The molecule has 0 aliphatic carbocycles. The molecule has 0 saturated heterocycles. The summed E-state index contributed by atoms with van der Waals surface area (Å²) < 4.78 is 20.0. The number of hydrogen-bond acceptors (Lipinski definition) is 5. The maximum Gasteiger partial charge on any atom is 0.274 e. The highest BCUT2D eigenvalue weighted by Crippen LogP contribution is 2.34. The third-order valence-electron chi connectivity index (χ3n) is 3.92. The Morgan fingerprint density at radius 1 is 1.35 bits per heavy atom. The molecule has 0 fully saturated rings. The summed E-state index contributed by atoms with van der Waals surface area (Å²) in [6.07, 6.45) is 0. The lowest BCUT2D eigenvalue weighted by Gasteiger charge is -2.07. The highest BCUT2D eigenvalue weighted by molar-refractivity contribution is 7.21. The van der Waals surface area contributed by atoms with Gasteiger partial charge in [-0.25, -0.2) is 4.39 Å². The van der Waals surface area contributed by atoms with E-state index in [4.69, 9.17) is 4.74 Å². The van der Waals surface area contributed by atoms with Crippen LogP contribution in [-0.2, 0) is 11.3 Å². The van der Waals surface area contributed by atoms with Crippen molar-refractivity contribution in [2.45, 2.75) is 13.5 Å². The van der Waals surface area contributed by atoms with E-state index in [0.29, 0.717) is 31.8 Å². The second-order valence-corrected chi connectivity index (χ2v) is 6.72. The van der Waals surface area contributed by atoms with Crippen molar-refractivity contribution in [3.05, 3.63) is 68.3 Å². The second kappa shape index (κ2) is 7.19. The van der Waals surface area contributed by atoms with Crippen LogP contribution in [0.25, 0.3) is 10.1 Å². The zero-order valence-corrected chi connectivity index (χ0v) is 14.9. The van der Waals surface area contributed by atoms with Gasteiger partial charge in [0.05, 0.1) is 16.4 Å². The van der Waals surface area contributed by atoms with Crippen molar-refractivity contribution in [2.24, 2.45) is 0 Å². The molecular formula is C18H15FN2O4S. The first-order chi connectivity index (χ1) is 12.4. The topological polar surface area (TPSA) is 81.5 Å². The highest BCUT2D eigenvalue weighted by atomic mass is 32.1. The highest BCUT2D eigenvalue weighted by Gasteiger charge is 2.21. The number of nitrogens with one attached hydrogen (secondary N) is 1. The number of fused-ring (bicyclic) bond motifs is 1. The maximum absolute atomic E-state index is 14.2. The van der Waals surface area contributed by atoms with E-state index in [1.807, 2.05) is 0 Å². The van der Waals surface area contributed by atoms with Crippen LogP contribution < -0.4 is 5.32 Å². The van der Waals surface area contributed by atoms with Crippen molar-refractivity contribution >= 4 is 38.7 Å². The predicted molar refractivity (Wildman–Crippen MR) is 98.3 cm³/mol. The lowest BCUT2D eigenvalue weighted by molar-refractivity contribution is -0.385. The molecule has 0 bridgehead atoms. The molecule has 0 aliphatic rings. The Bertz CT molecular complexity index is 1020. The van der Waals surface area contributed by atoms with Crippen LogP contribution in [0.1, 0.15) is 20.8 Å². The molecule has 0 radical (unpaired) electrons. The number of nitrogens with zero attached hydrogens (tertiary/aromatic N) is 1. The number of rotatable bonds is 5. The fraction of sp³-hybridized carbons (Fsp3) is 0.167. The van der Waals surface area contributed by atoms with Gasteiger partial charge in [0.15, 0.2) is 0 Å². The van der Waals surface area contributed by atoms with E-state index < -0.39 is 16.6 Å². The fourth-order valence-corrected chi connectivity index (χ4v) is 3.82. The van der Waals surface area contributed by atoms with Gasteiger partial charge in [-0.3, -0.25) is 14.9 Å². The number of aryl methyl sites for hydroxylation is 1. The molecule has 1 aromatic heterocycles. The number of methoxy groups -OCH3 is 1. The predicted octanol–water partition coefficient (Wildman–Crippen LogP) is 4.66. The van der Waals surface area contributed by atoms with Crippen LogP contribution in [0, 0.1) is 22.9 Å². The number of ether oxygens (including phenoxy) is 1. The van der Waals surface area contributed by atoms with Crippen LogP contribution in [0.3, 0.4) is 0 Å². The zero-order valence-electron chi connectivity index (χ0n) is 14.0. The fourth-order valence-electron chi connectivity index (χ4n) is 2.70. The van der Waals surface area contributed by atoms with E-state index in [-0.39, 0.29) is 12.3 Å². The van der Waals surface area contributed by atoms with E-state index in [1.165, 1.54) is 19.2 Å². The lowest BCUT2D eigenvalue weighted by Crippen LogP contribution is -2.13. The first-order valence-corrected chi connectivity index (χ1v) is 8.49. The molecule has 3 rings (SSSR count). The summed E-state index contributed by atoms with van der Waals surface area (Å²) in [5, 5.41) is 14.1. The number of benzene rings is 2. The zero-order chi connectivity index (χ0) is 18.8. The number of nitro groups is 1. The summed E-state index contributed by atoms with van der Waals surface area (Å²) >= 11 is 1.15. The van der Waals surface area contributed by atoms with Crippen molar-refractivity contribution in [1.82, 2.24) is 0 Å². The Morgan fingerprint density at radius 2 is 2.12 bits per heavy atom. The number of nitro benzene ring substituents is 1. The van der Waals surface area contributed by atoms with Gasteiger partial charge in [0.2, 0.25) is 0 Å². The third kappa shape index (κ3) is 3.29. The lowest BCUT2D eigenvalue weighted by atomic mass is 10.1. The van der Waals surface area contributed by atoms with Gasteiger partial charge < -0.3 is 10.1 Å². The monoisotopic (exact) mass is 374 g/mol. The van der Waals surface area contributed by atoms with Crippen LogP contribution in [-0.4, -0.2) is 17.9 Å². The van der Waals surface area contributed by atoms with Gasteiger partial charge >= 0.3 is 0 Å². The minimum atomic E-state index is -0.504. The first-order valence-electron chi connectivity index (χ1n) is 7.67. The molecule has 0 atom stereocenters. The number of carbonyl (C=O) groups is 1. The van der Waals surface area contributed by atoms with Crippen molar-refractivity contribution in [3.63, 3.8) is 0 Å². The Balaban J connectivity index is 2.00. The van der Waals surface area contributed by atoms with Gasteiger partial charge in [-0.15, -0.1) is 11.3 Å². The van der Waals surface area contributed by atoms with Crippen molar-refractivity contribution in [2.75, 3.05) is 12.4 Å². The summed E-state index contributed by atoms with van der Waals surface area (Å²) in [4.78, 5) is 23.6. The smallest absolute Gasteiger partial charge is 0.274 e. The molecule has 26 heavy (non-hydrogen) atoms. The number of anilines is 1. The molecule has 2 aromatic carbocycles. The Morgan fingerprint density at radius 3 is 2.81 bits per heavy atom. The molecule has 6 nitrogen and oxygen atoms in total.